The molecule has 0 unspecified atom stereocenters. The lowest BCUT2D eigenvalue weighted by Crippen LogP contribution is -2.27. The van der Waals surface area contributed by atoms with E-state index in [1.54, 1.807) is 32.0 Å². The average molecular weight is 395 g/mol. The number of nitrogens with zero attached hydrogens (tertiary/aromatic N) is 1. The number of benzene rings is 2. The second kappa shape index (κ2) is 6.28. The fourth-order valence-corrected chi connectivity index (χ4v) is 6.04. The van der Waals surface area contributed by atoms with E-state index in [1.807, 2.05) is 19.1 Å². The Labute approximate surface area is 155 Å². The van der Waals surface area contributed by atoms with Crippen LogP contribution in [0.5, 0.6) is 0 Å². The fourth-order valence-electron chi connectivity index (χ4n) is 3.58. The highest BCUT2D eigenvalue weighted by atomic mass is 32.2. The van der Waals surface area contributed by atoms with E-state index < -0.39 is 20.0 Å². The predicted molar refractivity (Wildman–Crippen MR) is 104 cm³/mol. The van der Waals surface area contributed by atoms with Gasteiger partial charge in [-0.1, -0.05) is 17.7 Å². The molecular formula is C18H22N2O4S2. The van der Waals surface area contributed by atoms with E-state index in [2.05, 4.69) is 4.72 Å². The third-order valence-electron chi connectivity index (χ3n) is 4.46. The van der Waals surface area contributed by atoms with Crippen molar-refractivity contribution in [2.24, 2.45) is 0 Å². The molecule has 0 saturated heterocycles. The molecule has 0 fully saturated rings. The van der Waals surface area contributed by atoms with Crippen molar-refractivity contribution < 1.29 is 16.8 Å². The number of hydrogen-bond acceptors (Lipinski definition) is 4. The van der Waals surface area contributed by atoms with Crippen molar-refractivity contribution in [1.29, 1.82) is 0 Å². The Bertz CT molecular complexity index is 1070. The van der Waals surface area contributed by atoms with Crippen molar-refractivity contribution in [2.75, 3.05) is 21.8 Å². The van der Waals surface area contributed by atoms with Gasteiger partial charge in [-0.25, -0.2) is 16.8 Å². The summed E-state index contributed by atoms with van der Waals surface area (Å²) in [6.45, 7) is 5.86. The summed E-state index contributed by atoms with van der Waals surface area (Å²) >= 11 is 0. The molecule has 0 spiro atoms. The van der Waals surface area contributed by atoms with Gasteiger partial charge in [0, 0.05) is 12.2 Å². The van der Waals surface area contributed by atoms with E-state index in [0.29, 0.717) is 35.5 Å². The molecule has 0 aliphatic carbocycles. The Kier molecular flexibility index (Phi) is 4.52. The van der Waals surface area contributed by atoms with Crippen LogP contribution in [0.1, 0.15) is 22.3 Å². The zero-order valence-corrected chi connectivity index (χ0v) is 16.8. The maximum absolute atomic E-state index is 12.9. The van der Waals surface area contributed by atoms with Crippen molar-refractivity contribution >= 4 is 31.4 Å². The van der Waals surface area contributed by atoms with Crippen molar-refractivity contribution in [3.63, 3.8) is 0 Å². The first-order valence-corrected chi connectivity index (χ1v) is 11.5. The predicted octanol–water partition coefficient (Wildman–Crippen LogP) is 2.73. The van der Waals surface area contributed by atoms with Crippen LogP contribution in [-0.4, -0.2) is 29.6 Å². The molecule has 0 saturated carbocycles. The van der Waals surface area contributed by atoms with Gasteiger partial charge in [-0.3, -0.25) is 9.03 Å². The molecule has 0 radical (unpaired) electrons. The molecule has 6 nitrogen and oxygen atoms in total. The zero-order valence-electron chi connectivity index (χ0n) is 15.2. The Morgan fingerprint density at radius 1 is 0.962 bits per heavy atom. The minimum absolute atomic E-state index is 0.279. The quantitative estimate of drug-likeness (QED) is 0.864. The molecule has 1 N–H and O–H groups in total. The van der Waals surface area contributed by atoms with Crippen LogP contribution in [0, 0.1) is 20.8 Å². The maximum Gasteiger partial charge on any atom is 0.262 e. The third-order valence-corrected chi connectivity index (χ3v) is 7.32. The van der Waals surface area contributed by atoms with Crippen molar-refractivity contribution in [1.82, 2.24) is 0 Å². The SMILES string of the molecule is Cc1cc(C)c(S(=O)(=O)Nc2ccc3c(c2)CCN3S(C)(=O)=O)c(C)c1. The van der Waals surface area contributed by atoms with E-state index in [9.17, 15) is 16.8 Å². The summed E-state index contributed by atoms with van der Waals surface area (Å²) in [5, 5.41) is 0. The molecule has 0 atom stereocenters. The van der Waals surface area contributed by atoms with Gasteiger partial charge in [0.15, 0.2) is 0 Å². The van der Waals surface area contributed by atoms with E-state index in [0.717, 1.165) is 11.1 Å². The smallest absolute Gasteiger partial charge is 0.262 e. The molecule has 1 heterocycles. The van der Waals surface area contributed by atoms with Crippen LogP contribution in [0.15, 0.2) is 35.2 Å². The van der Waals surface area contributed by atoms with Crippen LogP contribution in [0.4, 0.5) is 11.4 Å². The number of hydrogen-bond donors (Lipinski definition) is 1. The molecule has 0 aromatic heterocycles. The van der Waals surface area contributed by atoms with Gasteiger partial charge < -0.3 is 0 Å². The molecule has 26 heavy (non-hydrogen) atoms. The zero-order chi connectivity index (χ0) is 19.3. The van der Waals surface area contributed by atoms with Crippen LogP contribution in [0.3, 0.4) is 0 Å². The Hall–Kier alpha value is -2.06. The Morgan fingerprint density at radius 3 is 2.15 bits per heavy atom. The van der Waals surface area contributed by atoms with Gasteiger partial charge >= 0.3 is 0 Å². The van der Waals surface area contributed by atoms with Gasteiger partial charge in [0.25, 0.3) is 10.0 Å². The van der Waals surface area contributed by atoms with Crippen LogP contribution < -0.4 is 9.03 Å². The first-order valence-electron chi connectivity index (χ1n) is 8.20. The van der Waals surface area contributed by atoms with Gasteiger partial charge in [0.1, 0.15) is 0 Å². The summed E-state index contributed by atoms with van der Waals surface area (Å²) in [5.41, 5.74) is 4.25. The topological polar surface area (TPSA) is 83.6 Å². The number of aryl methyl sites for hydroxylation is 3. The molecule has 2 aromatic rings. The van der Waals surface area contributed by atoms with Crippen LogP contribution in [-0.2, 0) is 26.5 Å². The molecule has 0 amide bonds. The van der Waals surface area contributed by atoms with Crippen LogP contribution >= 0.6 is 0 Å². The number of fused-ring (bicyclic) bond motifs is 1. The van der Waals surface area contributed by atoms with Crippen LogP contribution in [0.25, 0.3) is 0 Å². The van der Waals surface area contributed by atoms with Crippen molar-refractivity contribution in [3.8, 4) is 0 Å². The largest absolute Gasteiger partial charge is 0.280 e. The van der Waals surface area contributed by atoms with E-state index in [-0.39, 0.29) is 4.90 Å². The first-order chi connectivity index (χ1) is 12.0. The number of rotatable bonds is 4. The van der Waals surface area contributed by atoms with E-state index >= 15 is 0 Å². The maximum atomic E-state index is 12.9. The fraction of sp³-hybridized carbons (Fsp3) is 0.333. The van der Waals surface area contributed by atoms with Crippen molar-refractivity contribution in [3.05, 3.63) is 52.6 Å². The first kappa shape index (κ1) is 18.7. The third kappa shape index (κ3) is 3.43. The molecule has 3 rings (SSSR count). The number of anilines is 2. The minimum atomic E-state index is -3.73. The molecule has 1 aliphatic heterocycles. The number of nitrogens with one attached hydrogen (secondary N) is 1. The normalized spacial score (nSPS) is 14.4. The lowest BCUT2D eigenvalue weighted by atomic mass is 10.1. The standard InChI is InChI=1S/C18H22N2O4S2/c1-12-9-13(2)18(14(3)10-12)26(23,24)19-16-5-6-17-15(11-16)7-8-20(17)25(4,21)22/h5-6,9-11,19H,7-8H2,1-4H3. The lowest BCUT2D eigenvalue weighted by molar-refractivity contribution is 0.597. The highest BCUT2D eigenvalue weighted by Gasteiger charge is 2.27. The summed E-state index contributed by atoms with van der Waals surface area (Å²) in [5.74, 6) is 0. The molecule has 2 aromatic carbocycles. The van der Waals surface area contributed by atoms with E-state index in [4.69, 9.17) is 0 Å². The van der Waals surface area contributed by atoms with E-state index in [1.165, 1.54) is 10.6 Å². The van der Waals surface area contributed by atoms with Gasteiger partial charge in [0.2, 0.25) is 10.0 Å². The molecule has 8 heteroatoms. The Morgan fingerprint density at radius 2 is 1.58 bits per heavy atom. The summed E-state index contributed by atoms with van der Waals surface area (Å²) in [4.78, 5) is 0.279. The number of sulfonamides is 2. The molecule has 1 aliphatic rings. The highest BCUT2D eigenvalue weighted by molar-refractivity contribution is 7.93. The summed E-state index contributed by atoms with van der Waals surface area (Å²) in [6.07, 6.45) is 1.72. The average Bonchev–Trinajstić information content (AvgIpc) is 2.88. The lowest BCUT2D eigenvalue weighted by Gasteiger charge is -2.17. The van der Waals surface area contributed by atoms with Gasteiger partial charge in [-0.2, -0.15) is 0 Å². The molecular weight excluding hydrogens is 372 g/mol. The minimum Gasteiger partial charge on any atom is -0.280 e. The summed E-state index contributed by atoms with van der Waals surface area (Å²) in [6, 6.07) is 8.63. The summed E-state index contributed by atoms with van der Waals surface area (Å²) in [7, 11) is -7.06. The Balaban J connectivity index is 1.96. The highest BCUT2D eigenvalue weighted by Crippen LogP contribution is 2.33. The van der Waals surface area contributed by atoms with Crippen molar-refractivity contribution in [2.45, 2.75) is 32.1 Å². The van der Waals surface area contributed by atoms with Gasteiger partial charge in [-0.15, -0.1) is 0 Å². The van der Waals surface area contributed by atoms with Crippen LogP contribution in [0.2, 0.25) is 0 Å². The van der Waals surface area contributed by atoms with Gasteiger partial charge in [-0.05, 0) is 62.1 Å². The molecule has 140 valence electrons. The second-order valence-corrected chi connectivity index (χ2v) is 10.3. The monoisotopic (exact) mass is 394 g/mol. The van der Waals surface area contributed by atoms with Gasteiger partial charge in [0.05, 0.1) is 16.8 Å². The molecule has 0 bridgehead atoms. The summed E-state index contributed by atoms with van der Waals surface area (Å²) < 4.78 is 53.3. The second-order valence-electron chi connectivity index (χ2n) is 6.76.